The van der Waals surface area contributed by atoms with E-state index in [4.69, 9.17) is 16.9 Å². The summed E-state index contributed by atoms with van der Waals surface area (Å²) in [6, 6.07) is 16.8. The van der Waals surface area contributed by atoms with Gasteiger partial charge in [-0.25, -0.2) is 9.97 Å². The Morgan fingerprint density at radius 3 is 2.24 bits per heavy atom. The Labute approximate surface area is 151 Å². The van der Waals surface area contributed by atoms with Crippen molar-refractivity contribution in [1.29, 1.82) is 5.26 Å². The van der Waals surface area contributed by atoms with Gasteiger partial charge in [0, 0.05) is 22.5 Å². The zero-order valence-corrected chi connectivity index (χ0v) is 14.6. The minimum absolute atomic E-state index is 0.616. The van der Waals surface area contributed by atoms with Crippen LogP contribution in [0.5, 0.6) is 0 Å². The van der Waals surface area contributed by atoms with Crippen molar-refractivity contribution in [3.63, 3.8) is 0 Å². The molecule has 0 aliphatic carbocycles. The van der Waals surface area contributed by atoms with Crippen LogP contribution in [0.25, 0.3) is 0 Å². The van der Waals surface area contributed by atoms with E-state index in [9.17, 15) is 0 Å². The summed E-state index contributed by atoms with van der Waals surface area (Å²) in [5.74, 6) is 2.01. The molecule has 5 nitrogen and oxygen atoms in total. The lowest BCUT2D eigenvalue weighted by atomic mass is 10.2. The topological polar surface area (TPSA) is 73.6 Å². The van der Waals surface area contributed by atoms with Gasteiger partial charge >= 0.3 is 0 Å². The minimum atomic E-state index is 0.616. The van der Waals surface area contributed by atoms with E-state index in [1.165, 1.54) is 0 Å². The Balaban J connectivity index is 1.83. The molecule has 0 spiro atoms. The maximum absolute atomic E-state index is 8.86. The summed E-state index contributed by atoms with van der Waals surface area (Å²) < 4.78 is 0. The minimum Gasteiger partial charge on any atom is -0.340 e. The van der Waals surface area contributed by atoms with Crippen molar-refractivity contribution in [3.05, 3.63) is 70.5 Å². The Hall–Kier alpha value is -3.10. The van der Waals surface area contributed by atoms with E-state index in [1.54, 1.807) is 12.1 Å². The number of halogens is 1. The molecule has 0 bridgehead atoms. The van der Waals surface area contributed by atoms with Gasteiger partial charge in [-0.15, -0.1) is 0 Å². The second kappa shape index (κ2) is 7.20. The SMILES string of the molecule is Cc1nc(Nc2ccc(C#N)cc2)cc(Nc2ccc(Cl)cc2C)n1. The molecule has 3 rings (SSSR count). The molecule has 124 valence electrons. The van der Waals surface area contributed by atoms with E-state index in [0.29, 0.717) is 28.0 Å². The third-order valence-corrected chi connectivity index (χ3v) is 3.81. The smallest absolute Gasteiger partial charge is 0.136 e. The largest absolute Gasteiger partial charge is 0.340 e. The van der Waals surface area contributed by atoms with Crippen LogP contribution in [0.1, 0.15) is 17.0 Å². The van der Waals surface area contributed by atoms with E-state index in [-0.39, 0.29) is 0 Å². The average molecular weight is 350 g/mol. The van der Waals surface area contributed by atoms with Gasteiger partial charge in [0.05, 0.1) is 11.6 Å². The molecule has 0 aliphatic rings. The second-order valence-corrected chi connectivity index (χ2v) is 6.02. The molecule has 6 heteroatoms. The number of hydrogen-bond donors (Lipinski definition) is 2. The molecule has 1 heterocycles. The fourth-order valence-electron chi connectivity index (χ4n) is 2.38. The Bertz CT molecular complexity index is 945. The molecule has 3 aromatic rings. The summed E-state index contributed by atoms with van der Waals surface area (Å²) in [5.41, 5.74) is 3.44. The van der Waals surface area contributed by atoms with Crippen LogP contribution in [-0.2, 0) is 0 Å². The zero-order chi connectivity index (χ0) is 17.8. The number of nitriles is 1. The van der Waals surface area contributed by atoms with Crippen LogP contribution >= 0.6 is 11.6 Å². The van der Waals surface area contributed by atoms with Crippen molar-refractivity contribution in [3.8, 4) is 6.07 Å². The van der Waals surface area contributed by atoms with Crippen molar-refractivity contribution in [1.82, 2.24) is 9.97 Å². The molecule has 0 amide bonds. The van der Waals surface area contributed by atoms with Gasteiger partial charge in [0.1, 0.15) is 17.5 Å². The lowest BCUT2D eigenvalue weighted by Gasteiger charge is -2.12. The van der Waals surface area contributed by atoms with Crippen LogP contribution in [0, 0.1) is 25.2 Å². The van der Waals surface area contributed by atoms with Gasteiger partial charge in [-0.2, -0.15) is 5.26 Å². The van der Waals surface area contributed by atoms with Crippen LogP contribution in [0.3, 0.4) is 0 Å². The van der Waals surface area contributed by atoms with Crippen LogP contribution in [0.4, 0.5) is 23.0 Å². The number of rotatable bonds is 4. The Morgan fingerprint density at radius 2 is 1.60 bits per heavy atom. The molecule has 0 unspecified atom stereocenters. The molecule has 2 N–H and O–H groups in total. The second-order valence-electron chi connectivity index (χ2n) is 5.58. The molecule has 0 atom stereocenters. The molecule has 0 radical (unpaired) electrons. The lowest BCUT2D eigenvalue weighted by Crippen LogP contribution is -2.02. The highest BCUT2D eigenvalue weighted by atomic mass is 35.5. The summed E-state index contributed by atoms with van der Waals surface area (Å²) in [6.07, 6.45) is 0. The van der Waals surface area contributed by atoms with Crippen molar-refractivity contribution in [2.45, 2.75) is 13.8 Å². The first kappa shape index (κ1) is 16.7. The van der Waals surface area contributed by atoms with Crippen LogP contribution in [0.2, 0.25) is 5.02 Å². The standard InChI is InChI=1S/C19H16ClN5/c1-12-9-15(20)5-8-17(12)25-19-10-18(22-13(2)23-19)24-16-6-3-14(11-21)4-7-16/h3-10H,1-2H3,(H2,22,23,24,25). The summed E-state index contributed by atoms with van der Waals surface area (Å²) in [7, 11) is 0. The number of nitrogens with zero attached hydrogens (tertiary/aromatic N) is 3. The molecule has 0 aliphatic heterocycles. The molecule has 1 aromatic heterocycles. The quantitative estimate of drug-likeness (QED) is 0.685. The summed E-state index contributed by atoms with van der Waals surface area (Å²) >= 11 is 6.00. The number of hydrogen-bond acceptors (Lipinski definition) is 5. The molecular formula is C19H16ClN5. The highest BCUT2D eigenvalue weighted by Crippen LogP contribution is 2.24. The number of anilines is 4. The Morgan fingerprint density at radius 1 is 0.920 bits per heavy atom. The fraction of sp³-hybridized carbons (Fsp3) is 0.105. The number of nitrogens with one attached hydrogen (secondary N) is 2. The van der Waals surface area contributed by atoms with Crippen LogP contribution < -0.4 is 10.6 Å². The van der Waals surface area contributed by atoms with E-state index in [2.05, 4.69) is 26.7 Å². The number of aromatic nitrogens is 2. The van der Waals surface area contributed by atoms with Gasteiger partial charge in [-0.05, 0) is 61.9 Å². The van der Waals surface area contributed by atoms with Gasteiger partial charge in [0.2, 0.25) is 0 Å². The van der Waals surface area contributed by atoms with Crippen LogP contribution in [0.15, 0.2) is 48.5 Å². The lowest BCUT2D eigenvalue weighted by molar-refractivity contribution is 1.06. The average Bonchev–Trinajstić information content (AvgIpc) is 2.58. The van der Waals surface area contributed by atoms with Crippen molar-refractivity contribution < 1.29 is 0 Å². The predicted octanol–water partition coefficient (Wildman–Crippen LogP) is 5.11. The van der Waals surface area contributed by atoms with Crippen molar-refractivity contribution in [2.24, 2.45) is 0 Å². The van der Waals surface area contributed by atoms with Gasteiger partial charge in [0.25, 0.3) is 0 Å². The molecular weight excluding hydrogens is 334 g/mol. The molecule has 2 aromatic carbocycles. The molecule has 0 saturated carbocycles. The van der Waals surface area contributed by atoms with Crippen LogP contribution in [-0.4, -0.2) is 9.97 Å². The van der Waals surface area contributed by atoms with E-state index in [0.717, 1.165) is 16.9 Å². The normalized spacial score (nSPS) is 10.2. The monoisotopic (exact) mass is 349 g/mol. The zero-order valence-electron chi connectivity index (χ0n) is 13.8. The number of benzene rings is 2. The van der Waals surface area contributed by atoms with Crippen molar-refractivity contribution >= 4 is 34.6 Å². The highest BCUT2D eigenvalue weighted by molar-refractivity contribution is 6.30. The third kappa shape index (κ3) is 4.25. The van der Waals surface area contributed by atoms with Gasteiger partial charge in [-0.1, -0.05) is 11.6 Å². The van der Waals surface area contributed by atoms with Gasteiger partial charge in [-0.3, -0.25) is 0 Å². The Kier molecular flexibility index (Phi) is 4.82. The first-order valence-electron chi connectivity index (χ1n) is 7.69. The molecule has 0 fully saturated rings. The first-order valence-corrected chi connectivity index (χ1v) is 8.07. The van der Waals surface area contributed by atoms with Gasteiger partial charge < -0.3 is 10.6 Å². The maximum atomic E-state index is 8.86. The predicted molar refractivity (Wildman–Crippen MR) is 101 cm³/mol. The third-order valence-electron chi connectivity index (χ3n) is 3.58. The fourth-order valence-corrected chi connectivity index (χ4v) is 2.60. The first-order chi connectivity index (χ1) is 12.0. The van der Waals surface area contributed by atoms with E-state index < -0.39 is 0 Å². The van der Waals surface area contributed by atoms with E-state index >= 15 is 0 Å². The van der Waals surface area contributed by atoms with E-state index in [1.807, 2.05) is 50.2 Å². The summed E-state index contributed by atoms with van der Waals surface area (Å²) in [4.78, 5) is 8.82. The maximum Gasteiger partial charge on any atom is 0.136 e. The highest BCUT2D eigenvalue weighted by Gasteiger charge is 2.05. The summed E-state index contributed by atoms with van der Waals surface area (Å²) in [5, 5.41) is 16.1. The number of aryl methyl sites for hydroxylation is 2. The summed E-state index contributed by atoms with van der Waals surface area (Å²) in [6.45, 7) is 3.82. The molecule has 0 saturated heterocycles. The van der Waals surface area contributed by atoms with Gasteiger partial charge in [0.15, 0.2) is 0 Å². The van der Waals surface area contributed by atoms with Crippen molar-refractivity contribution in [2.75, 3.05) is 10.6 Å². The molecule has 25 heavy (non-hydrogen) atoms.